The number of hydrogen-bond acceptors (Lipinski definition) is 4. The average molecular weight is 264 g/mol. The Morgan fingerprint density at radius 1 is 1.47 bits per heavy atom. The summed E-state index contributed by atoms with van der Waals surface area (Å²) in [7, 11) is -0.587. The van der Waals surface area contributed by atoms with Gasteiger partial charge < -0.3 is 4.74 Å². The quantitative estimate of drug-likeness (QED) is 0.674. The highest BCUT2D eigenvalue weighted by atomic mass is 32.2. The summed E-state index contributed by atoms with van der Waals surface area (Å²) >= 11 is 0. The van der Waals surface area contributed by atoms with Crippen LogP contribution in [0.4, 0.5) is 0 Å². The van der Waals surface area contributed by atoms with E-state index in [0.29, 0.717) is 13.0 Å². The fourth-order valence-corrected chi connectivity index (χ4v) is 3.35. The van der Waals surface area contributed by atoms with Crippen LogP contribution < -0.4 is 0 Å². The van der Waals surface area contributed by atoms with Crippen molar-refractivity contribution in [2.24, 2.45) is 5.92 Å². The zero-order chi connectivity index (χ0) is 13.2. The summed E-state index contributed by atoms with van der Waals surface area (Å²) in [6.07, 6.45) is 0.526. The molecular formula is C10H20N2O4S. The lowest BCUT2D eigenvalue weighted by Gasteiger charge is -2.26. The molecular weight excluding hydrogens is 244 g/mol. The standard InChI is InChI=1S/C10H20N2O4S/c1-8(2)11(3)17(14,15)12-6-5-9(7-12)10(13)16-4/h8-9H,5-7H2,1-4H3. The van der Waals surface area contributed by atoms with E-state index in [4.69, 9.17) is 0 Å². The maximum atomic E-state index is 12.1. The molecule has 0 radical (unpaired) electrons. The van der Waals surface area contributed by atoms with Crippen LogP contribution in [0, 0.1) is 5.92 Å². The lowest BCUT2D eigenvalue weighted by Crippen LogP contribution is -2.44. The summed E-state index contributed by atoms with van der Waals surface area (Å²) in [6, 6.07) is -0.0998. The summed E-state index contributed by atoms with van der Waals surface area (Å²) in [5, 5.41) is 0. The summed E-state index contributed by atoms with van der Waals surface area (Å²) in [4.78, 5) is 11.3. The molecule has 7 heteroatoms. The first-order valence-corrected chi connectivity index (χ1v) is 7.01. The van der Waals surface area contributed by atoms with Crippen LogP contribution >= 0.6 is 0 Å². The van der Waals surface area contributed by atoms with Gasteiger partial charge in [0.2, 0.25) is 0 Å². The summed E-state index contributed by atoms with van der Waals surface area (Å²) in [6.45, 7) is 4.21. The minimum absolute atomic E-state index is 0.0998. The molecule has 0 aromatic carbocycles. The Morgan fingerprint density at radius 3 is 2.53 bits per heavy atom. The van der Waals surface area contributed by atoms with Gasteiger partial charge >= 0.3 is 5.97 Å². The molecule has 6 nitrogen and oxygen atoms in total. The Kier molecular flexibility index (Phi) is 4.51. The van der Waals surface area contributed by atoms with E-state index in [-0.39, 0.29) is 24.5 Å². The van der Waals surface area contributed by atoms with Crippen LogP contribution in [0.3, 0.4) is 0 Å². The first kappa shape index (κ1) is 14.4. The second-order valence-electron chi connectivity index (χ2n) is 4.48. The predicted molar refractivity (Wildman–Crippen MR) is 63.5 cm³/mol. The molecule has 1 atom stereocenters. The average Bonchev–Trinajstić information content (AvgIpc) is 2.76. The van der Waals surface area contributed by atoms with Crippen molar-refractivity contribution in [2.45, 2.75) is 26.3 Å². The first-order chi connectivity index (χ1) is 7.80. The third-order valence-corrected chi connectivity index (χ3v) is 5.24. The van der Waals surface area contributed by atoms with Crippen molar-refractivity contribution >= 4 is 16.2 Å². The van der Waals surface area contributed by atoms with Gasteiger partial charge in [0.05, 0.1) is 13.0 Å². The minimum atomic E-state index is -3.45. The molecule has 1 aliphatic heterocycles. The van der Waals surface area contributed by atoms with E-state index in [1.54, 1.807) is 7.05 Å². The van der Waals surface area contributed by atoms with Gasteiger partial charge in [-0.2, -0.15) is 17.0 Å². The molecule has 100 valence electrons. The highest BCUT2D eigenvalue weighted by molar-refractivity contribution is 7.86. The number of carbonyl (C=O) groups is 1. The minimum Gasteiger partial charge on any atom is -0.469 e. The van der Waals surface area contributed by atoms with E-state index in [2.05, 4.69) is 4.74 Å². The molecule has 1 saturated heterocycles. The highest BCUT2D eigenvalue weighted by Crippen LogP contribution is 2.22. The zero-order valence-electron chi connectivity index (χ0n) is 10.7. The van der Waals surface area contributed by atoms with Crippen molar-refractivity contribution in [1.29, 1.82) is 0 Å². The van der Waals surface area contributed by atoms with Crippen molar-refractivity contribution < 1.29 is 17.9 Å². The van der Waals surface area contributed by atoms with Gasteiger partial charge in [-0.15, -0.1) is 0 Å². The van der Waals surface area contributed by atoms with Crippen molar-refractivity contribution in [3.63, 3.8) is 0 Å². The van der Waals surface area contributed by atoms with Gasteiger partial charge in [-0.05, 0) is 20.3 Å². The number of esters is 1. The van der Waals surface area contributed by atoms with E-state index < -0.39 is 10.2 Å². The van der Waals surface area contributed by atoms with Gasteiger partial charge in [0, 0.05) is 26.2 Å². The van der Waals surface area contributed by atoms with E-state index in [0.717, 1.165) is 0 Å². The Labute approximate surface area is 103 Å². The van der Waals surface area contributed by atoms with Crippen LogP contribution in [-0.4, -0.2) is 56.3 Å². The fraction of sp³-hybridized carbons (Fsp3) is 0.900. The van der Waals surface area contributed by atoms with Crippen LogP contribution in [0.2, 0.25) is 0 Å². The molecule has 0 N–H and O–H groups in total. The smallest absolute Gasteiger partial charge is 0.310 e. The Morgan fingerprint density at radius 2 is 2.06 bits per heavy atom. The normalized spacial score (nSPS) is 22.4. The lowest BCUT2D eigenvalue weighted by molar-refractivity contribution is -0.144. The zero-order valence-corrected chi connectivity index (χ0v) is 11.5. The second kappa shape index (κ2) is 5.32. The van der Waals surface area contributed by atoms with Crippen LogP contribution in [0.25, 0.3) is 0 Å². The summed E-state index contributed by atoms with van der Waals surface area (Å²) < 4.78 is 31.5. The van der Waals surface area contributed by atoms with Crippen molar-refractivity contribution in [3.05, 3.63) is 0 Å². The number of methoxy groups -OCH3 is 1. The number of nitrogens with zero attached hydrogens (tertiary/aromatic N) is 2. The molecule has 1 heterocycles. The molecule has 1 fully saturated rings. The third kappa shape index (κ3) is 2.97. The molecule has 1 aliphatic rings. The van der Waals surface area contributed by atoms with Gasteiger partial charge in [0.1, 0.15) is 0 Å². The molecule has 1 unspecified atom stereocenters. The molecule has 17 heavy (non-hydrogen) atoms. The van der Waals surface area contributed by atoms with E-state index in [1.807, 2.05) is 13.8 Å². The van der Waals surface area contributed by atoms with E-state index in [1.165, 1.54) is 15.7 Å². The Balaban J connectivity index is 2.74. The van der Waals surface area contributed by atoms with E-state index in [9.17, 15) is 13.2 Å². The third-order valence-electron chi connectivity index (χ3n) is 3.10. The van der Waals surface area contributed by atoms with Gasteiger partial charge in [-0.3, -0.25) is 4.79 Å². The van der Waals surface area contributed by atoms with Crippen LogP contribution in [0.5, 0.6) is 0 Å². The first-order valence-electron chi connectivity index (χ1n) is 5.61. The molecule has 0 aliphatic carbocycles. The van der Waals surface area contributed by atoms with Gasteiger partial charge in [0.15, 0.2) is 0 Å². The van der Waals surface area contributed by atoms with Gasteiger partial charge in [-0.1, -0.05) is 0 Å². The topological polar surface area (TPSA) is 66.9 Å². The number of rotatable bonds is 4. The summed E-state index contributed by atoms with van der Waals surface area (Å²) in [5.41, 5.74) is 0. The Hall–Kier alpha value is -0.660. The molecule has 0 bridgehead atoms. The number of hydrogen-bond donors (Lipinski definition) is 0. The molecule has 0 aromatic rings. The predicted octanol–water partition coefficient (Wildman–Crippen LogP) is 0.0663. The fourth-order valence-electron chi connectivity index (χ4n) is 1.75. The SMILES string of the molecule is COC(=O)C1CCN(S(=O)(=O)N(C)C(C)C)C1. The molecule has 1 rings (SSSR count). The van der Waals surface area contributed by atoms with Gasteiger partial charge in [-0.25, -0.2) is 0 Å². The van der Waals surface area contributed by atoms with Crippen molar-refractivity contribution in [3.8, 4) is 0 Å². The van der Waals surface area contributed by atoms with Crippen LogP contribution in [0.1, 0.15) is 20.3 Å². The van der Waals surface area contributed by atoms with Gasteiger partial charge in [0.25, 0.3) is 10.2 Å². The van der Waals surface area contributed by atoms with Crippen LogP contribution in [0.15, 0.2) is 0 Å². The largest absolute Gasteiger partial charge is 0.469 e. The second-order valence-corrected chi connectivity index (χ2v) is 6.47. The monoisotopic (exact) mass is 264 g/mol. The lowest BCUT2D eigenvalue weighted by atomic mass is 10.1. The number of carbonyl (C=O) groups excluding carboxylic acids is 1. The number of ether oxygens (including phenoxy) is 1. The Bertz CT molecular complexity index is 380. The molecule has 0 amide bonds. The maximum absolute atomic E-state index is 12.1. The summed E-state index contributed by atoms with van der Waals surface area (Å²) in [5.74, 6) is -0.676. The maximum Gasteiger partial charge on any atom is 0.310 e. The molecule has 0 aromatic heterocycles. The van der Waals surface area contributed by atoms with Crippen molar-refractivity contribution in [2.75, 3.05) is 27.2 Å². The molecule has 0 spiro atoms. The van der Waals surface area contributed by atoms with E-state index >= 15 is 0 Å². The van der Waals surface area contributed by atoms with Crippen LogP contribution in [-0.2, 0) is 19.7 Å². The van der Waals surface area contributed by atoms with Crippen molar-refractivity contribution in [1.82, 2.24) is 8.61 Å². The molecule has 0 saturated carbocycles. The highest BCUT2D eigenvalue weighted by Gasteiger charge is 2.37.